The van der Waals surface area contributed by atoms with Crippen molar-refractivity contribution in [3.05, 3.63) is 64.2 Å². The number of benzene rings is 2. The molecule has 2 aliphatic rings. The molecule has 0 radical (unpaired) electrons. The Hall–Kier alpha value is -1.56. The van der Waals surface area contributed by atoms with Crippen LogP contribution in [0.3, 0.4) is 0 Å². The molecule has 4 nitrogen and oxygen atoms in total. The molecule has 1 saturated carbocycles. The highest BCUT2D eigenvalue weighted by atomic mass is 35.5. The van der Waals surface area contributed by atoms with E-state index in [1.165, 1.54) is 29.5 Å². The van der Waals surface area contributed by atoms with Gasteiger partial charge in [0.05, 0.1) is 5.25 Å². The summed E-state index contributed by atoms with van der Waals surface area (Å²) in [5, 5.41) is 0.569. The molecule has 168 valence electrons. The van der Waals surface area contributed by atoms with Crippen LogP contribution >= 0.6 is 11.6 Å². The predicted octanol–water partition coefficient (Wildman–Crippen LogP) is 5.49. The van der Waals surface area contributed by atoms with Gasteiger partial charge in [0.15, 0.2) is 0 Å². The van der Waals surface area contributed by atoms with Crippen LogP contribution in [0.15, 0.2) is 42.5 Å². The maximum Gasteiger partial charge on any atom is 0.214 e. The van der Waals surface area contributed by atoms with E-state index in [0.717, 1.165) is 42.9 Å². The van der Waals surface area contributed by atoms with Crippen LogP contribution in [-0.2, 0) is 22.9 Å². The molecule has 0 bridgehead atoms. The molecular weight excluding hydrogens is 430 g/mol. The third-order valence-corrected chi connectivity index (χ3v) is 8.93. The van der Waals surface area contributed by atoms with Gasteiger partial charge in [-0.2, -0.15) is 0 Å². The molecule has 0 aromatic heterocycles. The number of nitrogens with one attached hydrogen (secondary N) is 1. The normalized spacial score (nSPS) is 21.0. The molecule has 6 heteroatoms. The third kappa shape index (κ3) is 5.44. The van der Waals surface area contributed by atoms with Gasteiger partial charge in [0.1, 0.15) is 12.4 Å². The van der Waals surface area contributed by atoms with Crippen LogP contribution in [0.1, 0.15) is 61.6 Å². The summed E-state index contributed by atoms with van der Waals surface area (Å²) in [7, 11) is -3.19. The molecule has 0 heterocycles. The van der Waals surface area contributed by atoms with Crippen molar-refractivity contribution >= 4 is 21.6 Å². The summed E-state index contributed by atoms with van der Waals surface area (Å²) in [6.07, 6.45) is 7.02. The van der Waals surface area contributed by atoms with Crippen LogP contribution in [0.4, 0.5) is 0 Å². The first-order valence-electron chi connectivity index (χ1n) is 11.4. The smallest absolute Gasteiger partial charge is 0.214 e. The Morgan fingerprint density at radius 1 is 1.16 bits per heavy atom. The zero-order chi connectivity index (χ0) is 21.8. The highest BCUT2D eigenvalue weighted by Gasteiger charge is 2.32. The first-order chi connectivity index (χ1) is 15.0. The van der Waals surface area contributed by atoms with Gasteiger partial charge in [-0.05, 0) is 84.9 Å². The van der Waals surface area contributed by atoms with Crippen molar-refractivity contribution in [3.63, 3.8) is 0 Å². The summed E-state index contributed by atoms with van der Waals surface area (Å²) in [6, 6.07) is 14.5. The Labute approximate surface area is 191 Å². The molecule has 0 amide bonds. The Morgan fingerprint density at radius 3 is 2.71 bits per heavy atom. The molecule has 31 heavy (non-hydrogen) atoms. The van der Waals surface area contributed by atoms with Crippen molar-refractivity contribution in [3.8, 4) is 5.75 Å². The Bertz CT molecular complexity index is 1000. The van der Waals surface area contributed by atoms with Gasteiger partial charge < -0.3 is 4.74 Å². The van der Waals surface area contributed by atoms with Gasteiger partial charge in [-0.25, -0.2) is 13.1 Å². The number of hydrogen-bond donors (Lipinski definition) is 1. The van der Waals surface area contributed by atoms with Crippen molar-refractivity contribution < 1.29 is 13.2 Å². The van der Waals surface area contributed by atoms with E-state index in [0.29, 0.717) is 25.0 Å². The fraction of sp³-hybridized carbons (Fsp3) is 0.520. The second-order valence-corrected chi connectivity index (χ2v) is 11.4. The lowest BCUT2D eigenvalue weighted by atomic mass is 9.84. The first-order valence-corrected chi connectivity index (χ1v) is 13.4. The Morgan fingerprint density at radius 2 is 2.00 bits per heavy atom. The summed E-state index contributed by atoms with van der Waals surface area (Å²) in [5.41, 5.74) is 4.04. The van der Waals surface area contributed by atoms with E-state index in [-0.39, 0.29) is 5.25 Å². The molecule has 1 fully saturated rings. The van der Waals surface area contributed by atoms with Crippen LogP contribution in [0, 0.1) is 5.92 Å². The van der Waals surface area contributed by atoms with Gasteiger partial charge in [-0.15, -0.1) is 0 Å². The number of rotatable bonds is 10. The number of halogens is 1. The fourth-order valence-corrected chi connectivity index (χ4v) is 6.66. The van der Waals surface area contributed by atoms with Gasteiger partial charge in [0.25, 0.3) is 0 Å². The van der Waals surface area contributed by atoms with Gasteiger partial charge in [-0.3, -0.25) is 0 Å². The second kappa shape index (κ2) is 9.93. The SMILES string of the molecule is CCCC1Cc2ccc(OCCNS(=O)(=O)C3CCC3)cc2C1Cc1cccc(Cl)c1. The molecule has 2 aliphatic carbocycles. The summed E-state index contributed by atoms with van der Waals surface area (Å²) in [4.78, 5) is 0. The molecule has 0 aliphatic heterocycles. The number of fused-ring (bicyclic) bond motifs is 1. The molecular formula is C25H32ClNO3S. The van der Waals surface area contributed by atoms with Crippen LogP contribution in [0.2, 0.25) is 5.02 Å². The zero-order valence-corrected chi connectivity index (χ0v) is 19.7. The van der Waals surface area contributed by atoms with E-state index in [9.17, 15) is 8.42 Å². The van der Waals surface area contributed by atoms with Gasteiger partial charge in [0, 0.05) is 11.6 Å². The van der Waals surface area contributed by atoms with Crippen LogP contribution in [0.25, 0.3) is 0 Å². The summed E-state index contributed by atoms with van der Waals surface area (Å²) >= 11 is 6.22. The quantitative estimate of drug-likeness (QED) is 0.476. The summed E-state index contributed by atoms with van der Waals surface area (Å²) in [6.45, 7) is 2.89. The average molecular weight is 462 g/mol. The molecule has 0 spiro atoms. The van der Waals surface area contributed by atoms with Crippen LogP contribution < -0.4 is 9.46 Å². The van der Waals surface area contributed by atoms with E-state index < -0.39 is 10.0 Å². The fourth-order valence-electron chi connectivity index (χ4n) is 4.89. The largest absolute Gasteiger partial charge is 0.492 e. The average Bonchev–Trinajstić information content (AvgIpc) is 3.01. The molecule has 2 unspecified atom stereocenters. The Balaban J connectivity index is 1.41. The summed E-state index contributed by atoms with van der Waals surface area (Å²) < 4.78 is 32.9. The van der Waals surface area contributed by atoms with Crippen molar-refractivity contribution in [2.24, 2.45) is 5.92 Å². The Kier molecular flexibility index (Phi) is 7.25. The minimum absolute atomic E-state index is 0.213. The zero-order valence-electron chi connectivity index (χ0n) is 18.1. The highest BCUT2D eigenvalue weighted by molar-refractivity contribution is 7.90. The molecule has 2 aromatic rings. The number of hydrogen-bond acceptors (Lipinski definition) is 3. The van der Waals surface area contributed by atoms with Crippen molar-refractivity contribution in [2.75, 3.05) is 13.2 Å². The van der Waals surface area contributed by atoms with Gasteiger partial charge >= 0.3 is 0 Å². The molecule has 0 saturated heterocycles. The minimum Gasteiger partial charge on any atom is -0.492 e. The lowest BCUT2D eigenvalue weighted by Gasteiger charge is -2.25. The van der Waals surface area contributed by atoms with Gasteiger partial charge in [0.2, 0.25) is 10.0 Å². The van der Waals surface area contributed by atoms with E-state index in [2.05, 4.69) is 35.9 Å². The van der Waals surface area contributed by atoms with E-state index >= 15 is 0 Å². The number of ether oxygens (including phenoxy) is 1. The topological polar surface area (TPSA) is 55.4 Å². The van der Waals surface area contributed by atoms with Crippen LogP contribution in [0.5, 0.6) is 5.75 Å². The van der Waals surface area contributed by atoms with Crippen LogP contribution in [-0.4, -0.2) is 26.8 Å². The van der Waals surface area contributed by atoms with Crippen molar-refractivity contribution in [2.45, 2.75) is 63.0 Å². The predicted molar refractivity (Wildman–Crippen MR) is 126 cm³/mol. The van der Waals surface area contributed by atoms with Crippen molar-refractivity contribution in [1.82, 2.24) is 4.72 Å². The summed E-state index contributed by atoms with van der Waals surface area (Å²) in [5.74, 6) is 1.90. The maximum atomic E-state index is 12.1. The van der Waals surface area contributed by atoms with E-state index in [1.807, 2.05) is 18.2 Å². The molecule has 2 atom stereocenters. The minimum atomic E-state index is -3.19. The maximum absolute atomic E-state index is 12.1. The standard InChI is InChI=1S/C25H32ClNO3S/c1-2-5-19-16-20-10-11-22(30-13-12-27-31(28,29)23-8-4-9-23)17-25(20)24(19)15-18-6-3-7-21(26)14-18/h3,6-7,10-11,14,17,19,23-24,27H,2,4-5,8-9,12-13,15-16H2,1H3. The molecule has 4 rings (SSSR count). The first kappa shape index (κ1) is 22.6. The van der Waals surface area contributed by atoms with E-state index in [1.54, 1.807) is 0 Å². The number of sulfonamides is 1. The lowest BCUT2D eigenvalue weighted by molar-refractivity contribution is 0.321. The third-order valence-electron chi connectivity index (χ3n) is 6.74. The second-order valence-electron chi connectivity index (χ2n) is 8.89. The lowest BCUT2D eigenvalue weighted by Crippen LogP contribution is -2.40. The molecule has 2 aromatic carbocycles. The molecule has 1 N–H and O–H groups in total. The van der Waals surface area contributed by atoms with Crippen molar-refractivity contribution in [1.29, 1.82) is 0 Å². The highest BCUT2D eigenvalue weighted by Crippen LogP contribution is 2.43. The van der Waals surface area contributed by atoms with E-state index in [4.69, 9.17) is 16.3 Å². The van der Waals surface area contributed by atoms with Gasteiger partial charge in [-0.1, -0.05) is 49.6 Å². The monoisotopic (exact) mass is 461 g/mol.